The fourth-order valence-electron chi connectivity index (χ4n) is 2.26. The fraction of sp³-hybridized carbons (Fsp3) is 0.278. The van der Waals surface area contributed by atoms with E-state index in [0.29, 0.717) is 13.0 Å². The lowest BCUT2D eigenvalue weighted by molar-refractivity contribution is -0.121. The highest BCUT2D eigenvalue weighted by molar-refractivity contribution is 5.76. The first-order valence-corrected chi connectivity index (χ1v) is 7.50. The van der Waals surface area contributed by atoms with Crippen LogP contribution >= 0.6 is 0 Å². The van der Waals surface area contributed by atoms with Crippen molar-refractivity contribution in [2.45, 2.75) is 25.4 Å². The molecule has 2 N–H and O–H groups in total. The lowest BCUT2D eigenvalue weighted by atomic mass is 10.1. The molecule has 2 aromatic carbocycles. The number of hydrogen-bond donors (Lipinski definition) is 2. The number of nitrogens with one attached hydrogen (secondary N) is 1. The Balaban J connectivity index is 1.72. The molecule has 0 aromatic heterocycles. The number of halogens is 2. The molecule has 0 radical (unpaired) electrons. The average Bonchev–Trinajstić information content (AvgIpc) is 2.56. The van der Waals surface area contributed by atoms with Crippen molar-refractivity contribution >= 4 is 5.91 Å². The van der Waals surface area contributed by atoms with Gasteiger partial charge < -0.3 is 10.4 Å². The molecule has 0 saturated carbocycles. The smallest absolute Gasteiger partial charge is 0.220 e. The summed E-state index contributed by atoms with van der Waals surface area (Å²) in [6.07, 6.45) is -0.0418. The first-order valence-electron chi connectivity index (χ1n) is 7.50. The second-order valence-electron chi connectivity index (χ2n) is 5.30. The van der Waals surface area contributed by atoms with E-state index < -0.39 is 17.7 Å². The van der Waals surface area contributed by atoms with Gasteiger partial charge in [0, 0.05) is 13.0 Å². The van der Waals surface area contributed by atoms with Gasteiger partial charge in [-0.3, -0.25) is 4.79 Å². The van der Waals surface area contributed by atoms with Gasteiger partial charge in [-0.1, -0.05) is 30.3 Å². The standard InChI is InChI=1S/C18H19F2NO2/c19-15-7-8-16(20)14(12-15)6-9-18(23)21-11-10-17(22)13-4-2-1-3-5-13/h1-5,7-8,12,17,22H,6,9-11H2,(H,21,23). The lowest BCUT2D eigenvalue weighted by Crippen LogP contribution is -2.26. The molecule has 23 heavy (non-hydrogen) atoms. The molecular formula is C18H19F2NO2. The number of hydrogen-bond acceptors (Lipinski definition) is 2. The van der Waals surface area contributed by atoms with Crippen LogP contribution in [0.4, 0.5) is 8.78 Å². The van der Waals surface area contributed by atoms with E-state index in [2.05, 4.69) is 5.32 Å². The first kappa shape index (κ1) is 17.1. The van der Waals surface area contributed by atoms with E-state index >= 15 is 0 Å². The van der Waals surface area contributed by atoms with Crippen molar-refractivity contribution in [3.8, 4) is 0 Å². The largest absolute Gasteiger partial charge is 0.388 e. The topological polar surface area (TPSA) is 49.3 Å². The summed E-state index contributed by atoms with van der Waals surface area (Å²) in [6.45, 7) is 0.320. The van der Waals surface area contributed by atoms with Crippen molar-refractivity contribution in [3.05, 3.63) is 71.3 Å². The van der Waals surface area contributed by atoms with Crippen molar-refractivity contribution < 1.29 is 18.7 Å². The number of carbonyl (C=O) groups is 1. The van der Waals surface area contributed by atoms with Crippen LogP contribution < -0.4 is 5.32 Å². The molecule has 1 atom stereocenters. The molecule has 3 nitrogen and oxygen atoms in total. The summed E-state index contributed by atoms with van der Waals surface area (Å²) < 4.78 is 26.5. The first-order chi connectivity index (χ1) is 11.1. The molecule has 0 heterocycles. The molecule has 0 spiro atoms. The normalized spacial score (nSPS) is 12.0. The van der Waals surface area contributed by atoms with E-state index in [0.717, 1.165) is 23.8 Å². The summed E-state index contributed by atoms with van der Waals surface area (Å²) in [5, 5.41) is 12.6. The molecular weight excluding hydrogens is 300 g/mol. The van der Waals surface area contributed by atoms with Gasteiger partial charge in [-0.15, -0.1) is 0 Å². The third-order valence-electron chi connectivity index (χ3n) is 3.55. The van der Waals surface area contributed by atoms with Gasteiger partial charge in [-0.2, -0.15) is 0 Å². The van der Waals surface area contributed by atoms with Crippen LogP contribution in [-0.4, -0.2) is 17.6 Å². The zero-order valence-corrected chi connectivity index (χ0v) is 12.6. The van der Waals surface area contributed by atoms with E-state index in [4.69, 9.17) is 0 Å². The number of rotatable bonds is 7. The summed E-state index contributed by atoms with van der Waals surface area (Å²) >= 11 is 0. The molecule has 1 amide bonds. The molecule has 122 valence electrons. The van der Waals surface area contributed by atoms with Gasteiger partial charge in [0.05, 0.1) is 6.10 Å². The summed E-state index contributed by atoms with van der Waals surface area (Å²) in [5.41, 5.74) is 0.980. The summed E-state index contributed by atoms with van der Waals surface area (Å²) in [6, 6.07) is 12.4. The van der Waals surface area contributed by atoms with Gasteiger partial charge in [0.25, 0.3) is 0 Å². The minimum Gasteiger partial charge on any atom is -0.388 e. The Hall–Kier alpha value is -2.27. The van der Waals surface area contributed by atoms with Crippen LogP contribution in [0.2, 0.25) is 0 Å². The fourth-order valence-corrected chi connectivity index (χ4v) is 2.26. The van der Waals surface area contributed by atoms with Crippen molar-refractivity contribution in [1.29, 1.82) is 0 Å². The number of aliphatic hydroxyl groups is 1. The van der Waals surface area contributed by atoms with Crippen molar-refractivity contribution in [1.82, 2.24) is 5.32 Å². The monoisotopic (exact) mass is 319 g/mol. The average molecular weight is 319 g/mol. The van der Waals surface area contributed by atoms with Gasteiger partial charge in [0.1, 0.15) is 11.6 Å². The van der Waals surface area contributed by atoms with Crippen LogP contribution in [0.5, 0.6) is 0 Å². The lowest BCUT2D eigenvalue weighted by Gasteiger charge is -2.11. The van der Waals surface area contributed by atoms with Gasteiger partial charge >= 0.3 is 0 Å². The van der Waals surface area contributed by atoms with Crippen LogP contribution in [0.3, 0.4) is 0 Å². The minimum atomic E-state index is -0.642. The van der Waals surface area contributed by atoms with Crippen LogP contribution in [0, 0.1) is 11.6 Å². The van der Waals surface area contributed by atoms with Crippen molar-refractivity contribution in [2.24, 2.45) is 0 Å². The van der Waals surface area contributed by atoms with Gasteiger partial charge in [0.15, 0.2) is 0 Å². The molecule has 0 fully saturated rings. The number of aryl methyl sites for hydroxylation is 1. The van der Waals surface area contributed by atoms with Gasteiger partial charge in [-0.05, 0) is 42.2 Å². The molecule has 1 unspecified atom stereocenters. The number of carbonyl (C=O) groups excluding carboxylic acids is 1. The highest BCUT2D eigenvalue weighted by atomic mass is 19.1. The summed E-state index contributed by atoms with van der Waals surface area (Å²) in [5.74, 6) is -1.29. The summed E-state index contributed by atoms with van der Waals surface area (Å²) in [7, 11) is 0. The second-order valence-corrected chi connectivity index (χ2v) is 5.30. The van der Waals surface area contributed by atoms with E-state index in [1.807, 2.05) is 30.3 Å². The number of amides is 1. The number of aliphatic hydroxyl groups excluding tert-OH is 1. The predicted molar refractivity (Wildman–Crippen MR) is 83.7 cm³/mol. The Morgan fingerprint density at radius 1 is 1.13 bits per heavy atom. The van der Waals surface area contributed by atoms with Crippen LogP contribution in [0.1, 0.15) is 30.1 Å². The Kier molecular flexibility index (Phi) is 6.23. The third-order valence-corrected chi connectivity index (χ3v) is 3.55. The van der Waals surface area contributed by atoms with E-state index in [-0.39, 0.29) is 24.3 Å². The van der Waals surface area contributed by atoms with Crippen LogP contribution in [0.15, 0.2) is 48.5 Å². The number of benzene rings is 2. The zero-order chi connectivity index (χ0) is 16.7. The van der Waals surface area contributed by atoms with Crippen molar-refractivity contribution in [2.75, 3.05) is 6.54 Å². The zero-order valence-electron chi connectivity index (χ0n) is 12.6. The molecule has 0 aliphatic heterocycles. The Morgan fingerprint density at radius 3 is 2.61 bits per heavy atom. The Labute approximate surface area is 134 Å². The molecule has 0 bridgehead atoms. The maximum Gasteiger partial charge on any atom is 0.220 e. The maximum absolute atomic E-state index is 13.4. The van der Waals surface area contributed by atoms with Crippen LogP contribution in [-0.2, 0) is 11.2 Å². The minimum absolute atomic E-state index is 0.0712. The van der Waals surface area contributed by atoms with Crippen molar-refractivity contribution in [3.63, 3.8) is 0 Å². The molecule has 2 rings (SSSR count). The van der Waals surface area contributed by atoms with E-state index in [1.54, 1.807) is 0 Å². The molecule has 2 aromatic rings. The molecule has 0 saturated heterocycles. The van der Waals surface area contributed by atoms with E-state index in [1.165, 1.54) is 0 Å². The van der Waals surface area contributed by atoms with E-state index in [9.17, 15) is 18.7 Å². The highest BCUT2D eigenvalue weighted by Gasteiger charge is 2.09. The highest BCUT2D eigenvalue weighted by Crippen LogP contribution is 2.15. The molecule has 0 aliphatic rings. The Bertz CT molecular complexity index is 647. The third kappa shape index (κ3) is 5.45. The quantitative estimate of drug-likeness (QED) is 0.824. The molecule has 0 aliphatic carbocycles. The van der Waals surface area contributed by atoms with Crippen LogP contribution in [0.25, 0.3) is 0 Å². The Morgan fingerprint density at radius 2 is 1.87 bits per heavy atom. The SMILES string of the molecule is O=C(CCc1cc(F)ccc1F)NCCC(O)c1ccccc1. The van der Waals surface area contributed by atoms with Gasteiger partial charge in [-0.25, -0.2) is 8.78 Å². The van der Waals surface area contributed by atoms with Gasteiger partial charge in [0.2, 0.25) is 5.91 Å². The maximum atomic E-state index is 13.4. The summed E-state index contributed by atoms with van der Waals surface area (Å²) in [4.78, 5) is 11.7. The second kappa shape index (κ2) is 8.39. The molecule has 5 heteroatoms. The predicted octanol–water partition coefficient (Wildman–Crippen LogP) is 3.14.